The van der Waals surface area contributed by atoms with Gasteiger partial charge in [-0.15, -0.1) is 0 Å². The predicted octanol–water partition coefficient (Wildman–Crippen LogP) is 3.13. The number of carboxylic acid groups (broad SMARTS) is 1. The molecule has 1 aliphatic carbocycles. The van der Waals surface area contributed by atoms with E-state index < -0.39 is 66.9 Å². The summed E-state index contributed by atoms with van der Waals surface area (Å²) in [6.45, 7) is 1.51. The van der Waals surface area contributed by atoms with Gasteiger partial charge in [-0.3, -0.25) is 19.2 Å². The average Bonchev–Trinajstić information content (AvgIpc) is 3.15. The summed E-state index contributed by atoms with van der Waals surface area (Å²) in [5, 5.41) is 15.3. The fourth-order valence-electron chi connectivity index (χ4n) is 4.64. The van der Waals surface area contributed by atoms with Crippen molar-refractivity contribution in [3.8, 4) is 0 Å². The number of aldehydes is 1. The smallest absolute Gasteiger partial charge is 0.305 e. The normalized spacial score (nSPS) is 20.3. The Morgan fingerprint density at radius 2 is 1.78 bits per heavy atom. The van der Waals surface area contributed by atoms with Gasteiger partial charge in [0.25, 0.3) is 5.91 Å². The Kier molecular flexibility index (Phi) is 8.49. The molecule has 1 fully saturated rings. The second-order valence-corrected chi connectivity index (χ2v) is 9.21. The topological polar surface area (TPSA) is 130 Å². The van der Waals surface area contributed by atoms with E-state index in [0.717, 1.165) is 10.8 Å². The molecule has 0 heterocycles. The van der Waals surface area contributed by atoms with Gasteiger partial charge in [-0.1, -0.05) is 36.4 Å². The number of carbonyl (C=O) groups excluding carboxylic acids is 4. The minimum absolute atomic E-state index is 0.00826. The average molecular weight is 503 g/mol. The van der Waals surface area contributed by atoms with Crippen molar-refractivity contribution in [2.75, 3.05) is 0 Å². The van der Waals surface area contributed by atoms with Crippen molar-refractivity contribution >= 4 is 40.6 Å². The largest absolute Gasteiger partial charge is 0.481 e. The first-order chi connectivity index (χ1) is 17.0. The van der Waals surface area contributed by atoms with Gasteiger partial charge in [-0.05, 0) is 36.1 Å². The van der Waals surface area contributed by atoms with Crippen LogP contribution in [-0.4, -0.2) is 53.0 Å². The molecule has 0 saturated heterocycles. The first-order valence-corrected chi connectivity index (χ1v) is 11.7. The van der Waals surface area contributed by atoms with Crippen molar-refractivity contribution < 1.29 is 37.9 Å². The maximum atomic E-state index is 14.1. The molecule has 1 aliphatic rings. The summed E-state index contributed by atoms with van der Waals surface area (Å²) in [6, 6.07) is 10.4. The van der Waals surface area contributed by atoms with Gasteiger partial charge in [0.2, 0.25) is 11.8 Å². The fraction of sp³-hybridized carbons (Fsp3) is 0.423. The molecule has 0 spiro atoms. The van der Waals surface area contributed by atoms with Gasteiger partial charge in [-0.2, -0.15) is 0 Å². The number of rotatable bonds is 11. The van der Waals surface area contributed by atoms with Crippen LogP contribution in [0.3, 0.4) is 0 Å². The van der Waals surface area contributed by atoms with Crippen molar-refractivity contribution in [3.05, 3.63) is 48.0 Å². The summed E-state index contributed by atoms with van der Waals surface area (Å²) in [6.07, 6.45) is -1.89. The maximum absolute atomic E-state index is 14.1. The zero-order valence-corrected chi connectivity index (χ0v) is 19.7. The molecule has 3 rings (SSSR count). The van der Waals surface area contributed by atoms with Crippen LogP contribution in [0.5, 0.6) is 0 Å². The molecule has 10 heteroatoms. The number of carboxylic acids is 1. The van der Waals surface area contributed by atoms with Gasteiger partial charge in [-0.25, -0.2) is 8.78 Å². The molecule has 3 N–H and O–H groups in total. The van der Waals surface area contributed by atoms with Gasteiger partial charge in [0.15, 0.2) is 5.78 Å². The number of ketones is 1. The van der Waals surface area contributed by atoms with E-state index in [-0.39, 0.29) is 24.9 Å². The van der Waals surface area contributed by atoms with Crippen LogP contribution in [0.25, 0.3) is 10.8 Å². The number of carbonyl (C=O) groups is 5. The second-order valence-electron chi connectivity index (χ2n) is 9.21. The van der Waals surface area contributed by atoms with Crippen LogP contribution >= 0.6 is 0 Å². The number of nitrogens with one attached hydrogen (secondary N) is 2. The Hall–Kier alpha value is -3.69. The van der Waals surface area contributed by atoms with Crippen molar-refractivity contribution in [1.82, 2.24) is 10.6 Å². The molecule has 2 aromatic carbocycles. The van der Waals surface area contributed by atoms with Crippen molar-refractivity contribution in [2.24, 2.45) is 11.8 Å². The Morgan fingerprint density at radius 3 is 2.47 bits per heavy atom. The second kappa shape index (κ2) is 11.4. The van der Waals surface area contributed by atoms with Crippen LogP contribution in [0, 0.1) is 11.8 Å². The van der Waals surface area contributed by atoms with Gasteiger partial charge >= 0.3 is 5.97 Å². The number of amides is 2. The van der Waals surface area contributed by atoms with Gasteiger partial charge in [0.05, 0.1) is 18.5 Å². The molecule has 4 atom stereocenters. The van der Waals surface area contributed by atoms with Crippen LogP contribution in [-0.2, 0) is 19.2 Å². The number of hydrogen-bond acceptors (Lipinski definition) is 5. The van der Waals surface area contributed by atoms with E-state index in [1.807, 2.05) is 18.2 Å². The SMILES string of the molecule is CC(NC(=O)c1cccc2ccccc12)C(=O)CCC1CC(F)(F)CC1C(=O)N[C@H](C=O)CC(=O)O. The molecule has 8 nitrogen and oxygen atoms in total. The lowest BCUT2D eigenvalue weighted by Crippen LogP contribution is -2.42. The minimum Gasteiger partial charge on any atom is -0.481 e. The Bertz CT molecular complexity index is 1160. The zero-order valence-electron chi connectivity index (χ0n) is 19.7. The fourth-order valence-corrected chi connectivity index (χ4v) is 4.64. The summed E-state index contributed by atoms with van der Waals surface area (Å²) in [5.74, 6) is -8.06. The number of alkyl halides is 2. The van der Waals surface area contributed by atoms with Crippen LogP contribution < -0.4 is 10.6 Å². The quantitative estimate of drug-likeness (QED) is 0.405. The number of fused-ring (bicyclic) bond motifs is 1. The third kappa shape index (κ3) is 6.71. The highest BCUT2D eigenvalue weighted by atomic mass is 19.3. The molecule has 2 aromatic rings. The highest BCUT2D eigenvalue weighted by molar-refractivity contribution is 6.08. The summed E-state index contributed by atoms with van der Waals surface area (Å²) in [5.41, 5.74) is 0.408. The van der Waals surface area contributed by atoms with Gasteiger partial charge in [0.1, 0.15) is 6.29 Å². The zero-order chi connectivity index (χ0) is 26.5. The molecule has 2 amide bonds. The van der Waals surface area contributed by atoms with E-state index in [1.54, 1.807) is 24.3 Å². The lowest BCUT2D eigenvalue weighted by atomic mass is 9.89. The number of aliphatic carboxylic acids is 1. The molecule has 0 aliphatic heterocycles. The third-order valence-electron chi connectivity index (χ3n) is 6.50. The summed E-state index contributed by atoms with van der Waals surface area (Å²) >= 11 is 0. The third-order valence-corrected chi connectivity index (χ3v) is 6.50. The minimum atomic E-state index is -3.12. The number of Topliss-reactive ketones (excluding diaryl/α,β-unsaturated/α-hetero) is 1. The number of hydrogen-bond donors (Lipinski definition) is 3. The van der Waals surface area contributed by atoms with Crippen molar-refractivity contribution in [1.29, 1.82) is 0 Å². The summed E-state index contributed by atoms with van der Waals surface area (Å²) < 4.78 is 28.2. The predicted molar refractivity (Wildman–Crippen MR) is 127 cm³/mol. The summed E-state index contributed by atoms with van der Waals surface area (Å²) in [7, 11) is 0. The van der Waals surface area contributed by atoms with Gasteiger partial charge < -0.3 is 20.5 Å². The van der Waals surface area contributed by atoms with Gasteiger partial charge in [0, 0.05) is 30.7 Å². The van der Waals surface area contributed by atoms with Crippen LogP contribution in [0.4, 0.5) is 8.78 Å². The van der Waals surface area contributed by atoms with E-state index >= 15 is 0 Å². The lowest BCUT2D eigenvalue weighted by molar-refractivity contribution is -0.139. The molecule has 0 aromatic heterocycles. The highest BCUT2D eigenvalue weighted by Crippen LogP contribution is 2.45. The number of halogens is 2. The van der Waals surface area contributed by atoms with E-state index in [1.165, 1.54) is 6.92 Å². The van der Waals surface area contributed by atoms with E-state index in [4.69, 9.17) is 5.11 Å². The first-order valence-electron chi connectivity index (χ1n) is 11.7. The van der Waals surface area contributed by atoms with Crippen molar-refractivity contribution in [2.45, 2.75) is 57.0 Å². The van der Waals surface area contributed by atoms with E-state index in [2.05, 4.69) is 10.6 Å². The maximum Gasteiger partial charge on any atom is 0.305 e. The Morgan fingerprint density at radius 1 is 1.08 bits per heavy atom. The molecule has 0 bridgehead atoms. The van der Waals surface area contributed by atoms with E-state index in [9.17, 15) is 32.8 Å². The van der Waals surface area contributed by atoms with Crippen molar-refractivity contribution in [3.63, 3.8) is 0 Å². The highest BCUT2D eigenvalue weighted by Gasteiger charge is 2.49. The Balaban J connectivity index is 1.60. The molecular weight excluding hydrogens is 474 g/mol. The number of benzene rings is 2. The van der Waals surface area contributed by atoms with Crippen LogP contribution in [0.1, 0.15) is 49.4 Å². The standard InChI is InChI=1S/C26H28F2N2O6/c1-15(29-24(35)20-8-4-6-16-5-2-3-7-19(16)20)22(32)10-9-17-12-26(27,28)13-21(17)25(36)30-18(14-31)11-23(33)34/h2-8,14-15,17-18,21H,9-13H2,1H3,(H,29,35)(H,30,36)(H,33,34)/t15?,17?,18-,21?/m0/s1. The summed E-state index contributed by atoms with van der Waals surface area (Å²) in [4.78, 5) is 59.9. The first kappa shape index (κ1) is 26.9. The molecule has 192 valence electrons. The molecule has 36 heavy (non-hydrogen) atoms. The molecule has 0 radical (unpaired) electrons. The monoisotopic (exact) mass is 502 g/mol. The molecule has 1 saturated carbocycles. The Labute approximate surface area is 206 Å². The lowest BCUT2D eigenvalue weighted by Gasteiger charge is -2.21. The van der Waals surface area contributed by atoms with Crippen LogP contribution in [0.2, 0.25) is 0 Å². The molecular formula is C26H28F2N2O6. The van der Waals surface area contributed by atoms with Crippen LogP contribution in [0.15, 0.2) is 42.5 Å². The van der Waals surface area contributed by atoms with E-state index in [0.29, 0.717) is 5.56 Å². The molecule has 3 unspecified atom stereocenters.